The summed E-state index contributed by atoms with van der Waals surface area (Å²) >= 11 is 0. The highest BCUT2D eigenvalue weighted by atomic mass is 28.4. The van der Waals surface area contributed by atoms with Crippen LogP contribution in [0.25, 0.3) is 0 Å². The van der Waals surface area contributed by atoms with Gasteiger partial charge in [0.25, 0.3) is 0 Å². The van der Waals surface area contributed by atoms with Crippen LogP contribution >= 0.6 is 0 Å². The van der Waals surface area contributed by atoms with Crippen molar-refractivity contribution in [3.8, 4) is 0 Å². The molecule has 0 N–H and O–H groups in total. The van der Waals surface area contributed by atoms with Crippen LogP contribution in [0.4, 0.5) is 0 Å². The molecule has 33 heavy (non-hydrogen) atoms. The van der Waals surface area contributed by atoms with E-state index in [0.29, 0.717) is 26.4 Å². The Morgan fingerprint density at radius 2 is 1.09 bits per heavy atom. The summed E-state index contributed by atoms with van der Waals surface area (Å²) in [5.74, 6) is -0.765. The molecule has 0 rings (SSSR count). The molecule has 0 fully saturated rings. The van der Waals surface area contributed by atoms with E-state index >= 15 is 0 Å². The van der Waals surface area contributed by atoms with Crippen LogP contribution in [0, 0.1) is 0 Å². The summed E-state index contributed by atoms with van der Waals surface area (Å²) < 4.78 is 28.7. The van der Waals surface area contributed by atoms with E-state index in [0.717, 1.165) is 37.0 Å². The lowest BCUT2D eigenvalue weighted by atomic mass is 10.5. The fraction of sp³-hybridized carbons (Fsp3) is 0.727. The number of hydrogen-bond acceptors (Lipinski definition) is 7. The molecule has 0 heterocycles. The highest BCUT2D eigenvalue weighted by Gasteiger charge is 2.33. The van der Waals surface area contributed by atoms with Gasteiger partial charge in [0, 0.05) is 38.2 Å². The van der Waals surface area contributed by atoms with Gasteiger partial charge in [-0.25, -0.2) is 9.59 Å². The number of hydrogen-bond donors (Lipinski definition) is 0. The smallest absolute Gasteiger partial charge is 0.330 e. The largest absolute Gasteiger partial charge is 0.462 e. The summed E-state index contributed by atoms with van der Waals surface area (Å²) in [6.07, 6.45) is 3.80. The summed E-state index contributed by atoms with van der Waals surface area (Å²) in [4.78, 5) is 22.0. The molecule has 0 aliphatic carbocycles. The van der Waals surface area contributed by atoms with Crippen molar-refractivity contribution < 1.29 is 32.0 Å². The maximum Gasteiger partial charge on any atom is 0.330 e. The molecule has 0 aromatic rings. The van der Waals surface area contributed by atoms with Crippen molar-refractivity contribution in [1.82, 2.24) is 0 Å². The Morgan fingerprint density at radius 3 is 1.42 bits per heavy atom. The third-order valence-corrected chi connectivity index (χ3v) is 17.4. The maximum atomic E-state index is 11.0. The molecule has 2 unspecified atom stereocenters. The zero-order valence-electron chi connectivity index (χ0n) is 21.7. The molecule has 11 heteroatoms. The molecule has 7 nitrogen and oxygen atoms in total. The zero-order valence-corrected chi connectivity index (χ0v) is 26.0. The molecular formula is C22H46O7Si4. The van der Waals surface area contributed by atoms with E-state index < -0.39 is 34.7 Å². The van der Waals surface area contributed by atoms with Crippen LogP contribution < -0.4 is 0 Å². The number of carbonyl (C=O) groups is 2. The first kappa shape index (κ1) is 32.2. The second kappa shape index (κ2) is 17.6. The van der Waals surface area contributed by atoms with Gasteiger partial charge in [-0.15, -0.1) is 0 Å². The van der Waals surface area contributed by atoms with E-state index in [1.54, 1.807) is 0 Å². The topological polar surface area (TPSA) is 80.3 Å². The van der Waals surface area contributed by atoms with Gasteiger partial charge < -0.3 is 22.4 Å². The first-order valence-corrected chi connectivity index (χ1v) is 23.0. The van der Waals surface area contributed by atoms with Crippen LogP contribution in [0.3, 0.4) is 0 Å². The second-order valence-corrected chi connectivity index (χ2v) is 23.4. The Kier molecular flexibility index (Phi) is 17.1. The Bertz CT molecular complexity index is 549. The SMILES string of the molecule is C=CC(=O)OCCCO[SiH](C)CC[Si](C)(C)O[Si](C)(C)CC[SiH](C)OCCCOC(=O)C=C. The van der Waals surface area contributed by atoms with Crippen LogP contribution in [0.2, 0.25) is 63.5 Å². The molecular weight excluding hydrogens is 489 g/mol. The van der Waals surface area contributed by atoms with Gasteiger partial charge in [0.1, 0.15) is 0 Å². The lowest BCUT2D eigenvalue weighted by molar-refractivity contribution is -0.138. The van der Waals surface area contributed by atoms with Crippen LogP contribution in [0.1, 0.15) is 12.8 Å². The van der Waals surface area contributed by atoms with E-state index in [1.807, 2.05) is 0 Å². The number of esters is 2. The molecule has 0 radical (unpaired) electrons. The van der Waals surface area contributed by atoms with Gasteiger partial charge in [-0.3, -0.25) is 0 Å². The Morgan fingerprint density at radius 1 is 0.727 bits per heavy atom. The summed E-state index contributed by atoms with van der Waals surface area (Å²) in [6, 6.07) is 4.46. The first-order valence-electron chi connectivity index (χ1n) is 11.9. The van der Waals surface area contributed by atoms with Gasteiger partial charge in [-0.05, 0) is 63.5 Å². The molecule has 2 atom stereocenters. The predicted octanol–water partition coefficient (Wildman–Crippen LogP) is 4.39. The van der Waals surface area contributed by atoms with Crippen LogP contribution in [-0.2, 0) is 32.0 Å². The van der Waals surface area contributed by atoms with Crippen molar-refractivity contribution in [3.63, 3.8) is 0 Å². The quantitative estimate of drug-likeness (QED) is 0.0991. The number of ether oxygens (including phenoxy) is 2. The monoisotopic (exact) mass is 534 g/mol. The van der Waals surface area contributed by atoms with Crippen molar-refractivity contribution in [2.75, 3.05) is 26.4 Å². The number of carbonyl (C=O) groups excluding carboxylic acids is 2. The molecule has 0 aliphatic rings. The van der Waals surface area contributed by atoms with E-state index in [9.17, 15) is 9.59 Å². The third kappa shape index (κ3) is 19.2. The summed E-state index contributed by atoms with van der Waals surface area (Å²) in [5, 5.41) is 0. The average Bonchev–Trinajstić information content (AvgIpc) is 2.74. The fourth-order valence-electron chi connectivity index (χ4n) is 3.27. The molecule has 0 amide bonds. The van der Waals surface area contributed by atoms with E-state index in [4.69, 9.17) is 22.4 Å². The molecule has 0 saturated carbocycles. The summed E-state index contributed by atoms with van der Waals surface area (Å²) in [6.45, 7) is 22.5. The predicted molar refractivity (Wildman–Crippen MR) is 145 cm³/mol. The highest BCUT2D eigenvalue weighted by molar-refractivity contribution is 6.85. The molecule has 0 bridgehead atoms. The van der Waals surface area contributed by atoms with Gasteiger partial charge in [0.05, 0.1) is 13.2 Å². The molecule has 0 saturated heterocycles. The first-order chi connectivity index (χ1) is 15.4. The van der Waals surface area contributed by atoms with E-state index in [2.05, 4.69) is 52.4 Å². The van der Waals surface area contributed by atoms with Crippen molar-refractivity contribution in [3.05, 3.63) is 25.3 Å². The minimum Gasteiger partial charge on any atom is -0.462 e. The van der Waals surface area contributed by atoms with Crippen LogP contribution in [0.5, 0.6) is 0 Å². The lowest BCUT2D eigenvalue weighted by Crippen LogP contribution is -2.45. The normalized spacial score (nSPS) is 13.8. The molecule has 0 aromatic carbocycles. The van der Waals surface area contributed by atoms with Crippen molar-refractivity contribution in [2.45, 2.75) is 76.3 Å². The maximum absolute atomic E-state index is 11.0. The Labute approximate surface area is 206 Å². The molecule has 0 spiro atoms. The van der Waals surface area contributed by atoms with Gasteiger partial charge in [-0.1, -0.05) is 13.2 Å². The molecule has 0 aliphatic heterocycles. The Balaban J connectivity index is 4.08. The molecule has 192 valence electrons. The zero-order chi connectivity index (χ0) is 25.3. The van der Waals surface area contributed by atoms with Crippen molar-refractivity contribution in [1.29, 1.82) is 0 Å². The summed E-state index contributed by atoms with van der Waals surface area (Å²) in [5.41, 5.74) is 0. The number of rotatable bonds is 20. The van der Waals surface area contributed by atoms with Gasteiger partial charge in [0.2, 0.25) is 0 Å². The fourth-order valence-corrected chi connectivity index (χ4v) is 20.4. The van der Waals surface area contributed by atoms with E-state index in [-0.39, 0.29) is 11.9 Å². The van der Waals surface area contributed by atoms with Gasteiger partial charge in [-0.2, -0.15) is 0 Å². The van der Waals surface area contributed by atoms with Crippen molar-refractivity contribution in [2.24, 2.45) is 0 Å². The van der Waals surface area contributed by atoms with Crippen molar-refractivity contribution >= 4 is 46.7 Å². The minimum absolute atomic E-state index is 0.378. The molecule has 0 aromatic heterocycles. The van der Waals surface area contributed by atoms with Crippen LogP contribution in [0.15, 0.2) is 25.3 Å². The van der Waals surface area contributed by atoms with E-state index in [1.165, 1.54) is 12.2 Å². The average molecular weight is 535 g/mol. The van der Waals surface area contributed by atoms with Gasteiger partial charge in [0.15, 0.2) is 34.7 Å². The standard InChI is InChI=1S/C22H46O7Si4/c1-9-21(23)25-13-11-15-27-30(3)17-19-32(5,6)29-33(7,8)20-18-31(4)28-16-12-14-26-22(24)10-2/h9-10,30-31H,1-2,11-20H2,3-8H3. The lowest BCUT2D eigenvalue weighted by Gasteiger charge is -2.35. The summed E-state index contributed by atoms with van der Waals surface area (Å²) in [7, 11) is -5.98. The Hall–Kier alpha value is -0.832. The van der Waals surface area contributed by atoms with Crippen LogP contribution in [-0.4, -0.2) is 73.1 Å². The van der Waals surface area contributed by atoms with Gasteiger partial charge >= 0.3 is 11.9 Å². The third-order valence-electron chi connectivity index (χ3n) is 5.06. The minimum atomic E-state index is -1.74. The second-order valence-electron chi connectivity index (χ2n) is 9.51. The highest BCUT2D eigenvalue weighted by Crippen LogP contribution is 2.25.